The lowest BCUT2D eigenvalue weighted by molar-refractivity contribution is 0.798. The Morgan fingerprint density at radius 1 is 1.25 bits per heavy atom. The van der Waals surface area contributed by atoms with Crippen LogP contribution in [0, 0.1) is 0 Å². The molecule has 0 radical (unpaired) electrons. The largest absolute Gasteiger partial charge is 0.368 e. The van der Waals surface area contributed by atoms with Crippen molar-refractivity contribution in [3.8, 4) is 10.4 Å². The highest BCUT2D eigenvalue weighted by Crippen LogP contribution is 2.39. The maximum atomic E-state index is 5.96. The highest BCUT2D eigenvalue weighted by atomic mass is 32.1. The van der Waals surface area contributed by atoms with Gasteiger partial charge in [0, 0.05) is 42.7 Å². The minimum atomic E-state index is 0.303. The van der Waals surface area contributed by atoms with Crippen molar-refractivity contribution < 1.29 is 0 Å². The van der Waals surface area contributed by atoms with Crippen LogP contribution in [-0.4, -0.2) is 28.6 Å². The quantitative estimate of drug-likeness (QED) is 0.614. The standard InChI is InChI=1S/C18H19N5S/c1-4-23-8-7-11-15-13(20-18(19)21-17(15)22(2)3)10-12(16(11)23)14-6-5-9-24-14/h5-10H,4H2,1-3H3,(H2,19,20,21). The van der Waals surface area contributed by atoms with Gasteiger partial charge in [-0.15, -0.1) is 11.3 Å². The van der Waals surface area contributed by atoms with Crippen LogP contribution in [0.3, 0.4) is 0 Å². The van der Waals surface area contributed by atoms with Crippen molar-refractivity contribution in [2.75, 3.05) is 24.7 Å². The maximum absolute atomic E-state index is 5.96. The molecule has 3 heterocycles. The van der Waals surface area contributed by atoms with Gasteiger partial charge < -0.3 is 15.2 Å². The molecule has 4 aromatic rings. The third-order valence-electron chi connectivity index (χ3n) is 4.26. The fourth-order valence-corrected chi connectivity index (χ4v) is 3.98. The second-order valence-corrected chi connectivity index (χ2v) is 6.91. The number of fused-ring (bicyclic) bond motifs is 3. The average molecular weight is 337 g/mol. The zero-order valence-corrected chi connectivity index (χ0v) is 14.8. The molecule has 0 saturated carbocycles. The molecule has 0 bridgehead atoms. The van der Waals surface area contributed by atoms with E-state index in [9.17, 15) is 0 Å². The normalized spacial score (nSPS) is 11.5. The lowest BCUT2D eigenvalue weighted by Gasteiger charge is -2.17. The van der Waals surface area contributed by atoms with E-state index in [1.54, 1.807) is 11.3 Å². The second-order valence-electron chi connectivity index (χ2n) is 5.96. The van der Waals surface area contributed by atoms with E-state index in [1.165, 1.54) is 21.3 Å². The zero-order chi connectivity index (χ0) is 16.8. The molecule has 6 heteroatoms. The Kier molecular flexibility index (Phi) is 3.42. The Bertz CT molecular complexity index is 1030. The summed E-state index contributed by atoms with van der Waals surface area (Å²) in [4.78, 5) is 12.2. The molecule has 0 unspecified atom stereocenters. The molecule has 1 aromatic carbocycles. The molecule has 0 amide bonds. The smallest absolute Gasteiger partial charge is 0.222 e. The van der Waals surface area contributed by atoms with Crippen LogP contribution in [0.4, 0.5) is 11.8 Å². The van der Waals surface area contributed by atoms with Crippen molar-refractivity contribution in [1.29, 1.82) is 0 Å². The first-order valence-corrected chi connectivity index (χ1v) is 8.78. The SMILES string of the molecule is CCn1ccc2c3c(N(C)C)nc(N)nc3cc(-c3cccs3)c21. The van der Waals surface area contributed by atoms with Gasteiger partial charge in [0.05, 0.1) is 16.4 Å². The van der Waals surface area contributed by atoms with E-state index in [0.717, 1.165) is 23.3 Å². The number of anilines is 2. The number of aromatic nitrogens is 3. The van der Waals surface area contributed by atoms with Gasteiger partial charge >= 0.3 is 0 Å². The van der Waals surface area contributed by atoms with E-state index in [-0.39, 0.29) is 0 Å². The van der Waals surface area contributed by atoms with E-state index in [1.807, 2.05) is 19.0 Å². The highest BCUT2D eigenvalue weighted by Gasteiger charge is 2.18. The minimum Gasteiger partial charge on any atom is -0.368 e. The van der Waals surface area contributed by atoms with E-state index in [4.69, 9.17) is 5.73 Å². The van der Waals surface area contributed by atoms with Crippen molar-refractivity contribution in [3.63, 3.8) is 0 Å². The Morgan fingerprint density at radius 2 is 2.08 bits per heavy atom. The Morgan fingerprint density at radius 3 is 2.75 bits per heavy atom. The Hall–Kier alpha value is -2.60. The number of nitrogens with zero attached hydrogens (tertiary/aromatic N) is 4. The number of hydrogen-bond acceptors (Lipinski definition) is 5. The molecule has 24 heavy (non-hydrogen) atoms. The molecular weight excluding hydrogens is 318 g/mol. The Balaban J connectivity index is 2.22. The van der Waals surface area contributed by atoms with Gasteiger partial charge in [0.1, 0.15) is 5.82 Å². The lowest BCUT2D eigenvalue weighted by atomic mass is 10.0. The molecule has 0 saturated heterocycles. The van der Waals surface area contributed by atoms with Crippen LogP contribution in [0.1, 0.15) is 6.92 Å². The molecule has 0 spiro atoms. The average Bonchev–Trinajstić information content (AvgIpc) is 3.22. The van der Waals surface area contributed by atoms with Gasteiger partial charge in [-0.1, -0.05) is 6.07 Å². The van der Waals surface area contributed by atoms with Crippen LogP contribution in [0.15, 0.2) is 35.8 Å². The molecule has 0 aliphatic rings. The molecule has 5 nitrogen and oxygen atoms in total. The van der Waals surface area contributed by atoms with Gasteiger partial charge in [-0.05, 0) is 30.5 Å². The van der Waals surface area contributed by atoms with Crippen LogP contribution >= 0.6 is 11.3 Å². The lowest BCUT2D eigenvalue weighted by Crippen LogP contribution is -2.13. The molecule has 3 aromatic heterocycles. The van der Waals surface area contributed by atoms with Crippen molar-refractivity contribution >= 4 is 44.9 Å². The molecule has 0 atom stereocenters. The Labute approximate surface area is 144 Å². The summed E-state index contributed by atoms with van der Waals surface area (Å²) in [6.45, 7) is 3.08. The summed E-state index contributed by atoms with van der Waals surface area (Å²) in [5.41, 5.74) is 9.26. The van der Waals surface area contributed by atoms with Crippen molar-refractivity contribution in [3.05, 3.63) is 35.8 Å². The minimum absolute atomic E-state index is 0.303. The number of hydrogen-bond donors (Lipinski definition) is 1. The zero-order valence-electron chi connectivity index (χ0n) is 13.9. The number of rotatable bonds is 3. The number of nitrogens with two attached hydrogens (primary N) is 1. The summed E-state index contributed by atoms with van der Waals surface area (Å²) in [7, 11) is 3.97. The monoisotopic (exact) mass is 337 g/mol. The second kappa shape index (κ2) is 5.49. The molecule has 0 aliphatic carbocycles. The summed E-state index contributed by atoms with van der Waals surface area (Å²) in [6.07, 6.45) is 2.14. The number of thiophene rings is 1. The van der Waals surface area contributed by atoms with E-state index < -0.39 is 0 Å². The van der Waals surface area contributed by atoms with Crippen molar-refractivity contribution in [1.82, 2.24) is 14.5 Å². The molecule has 0 fully saturated rings. The molecule has 122 valence electrons. The highest BCUT2D eigenvalue weighted by molar-refractivity contribution is 7.13. The van der Waals surface area contributed by atoms with Crippen molar-refractivity contribution in [2.45, 2.75) is 13.5 Å². The molecule has 2 N–H and O–H groups in total. The third-order valence-corrected chi connectivity index (χ3v) is 5.16. The summed E-state index contributed by atoms with van der Waals surface area (Å²) < 4.78 is 2.28. The van der Waals surface area contributed by atoms with E-state index in [2.05, 4.69) is 57.3 Å². The van der Waals surface area contributed by atoms with Crippen LogP contribution in [-0.2, 0) is 6.54 Å². The summed E-state index contributed by atoms with van der Waals surface area (Å²) in [6, 6.07) is 8.52. The van der Waals surface area contributed by atoms with Gasteiger partial charge in [0.25, 0.3) is 0 Å². The van der Waals surface area contributed by atoms with Gasteiger partial charge in [0.15, 0.2) is 0 Å². The third kappa shape index (κ3) is 2.14. The van der Waals surface area contributed by atoms with Gasteiger partial charge in [-0.25, -0.2) is 4.98 Å². The molecule has 0 aliphatic heterocycles. The summed E-state index contributed by atoms with van der Waals surface area (Å²) >= 11 is 1.74. The van der Waals surface area contributed by atoms with Crippen LogP contribution in [0.5, 0.6) is 0 Å². The number of aryl methyl sites for hydroxylation is 1. The summed E-state index contributed by atoms with van der Waals surface area (Å²) in [5.74, 6) is 1.16. The van der Waals surface area contributed by atoms with Gasteiger partial charge in [-0.2, -0.15) is 4.98 Å². The summed E-state index contributed by atoms with van der Waals surface area (Å²) in [5, 5.41) is 4.32. The maximum Gasteiger partial charge on any atom is 0.222 e. The fraction of sp³-hybridized carbons (Fsp3) is 0.222. The predicted octanol–water partition coefficient (Wildman–Crippen LogP) is 3.98. The number of nitrogen functional groups attached to an aromatic ring is 1. The van der Waals surface area contributed by atoms with Crippen LogP contribution in [0.25, 0.3) is 32.2 Å². The predicted molar refractivity (Wildman–Crippen MR) is 103 cm³/mol. The molecular formula is C18H19N5S. The van der Waals surface area contributed by atoms with Crippen LogP contribution in [0.2, 0.25) is 0 Å². The topological polar surface area (TPSA) is 60.0 Å². The van der Waals surface area contributed by atoms with E-state index >= 15 is 0 Å². The molecule has 4 rings (SSSR count). The number of benzene rings is 1. The van der Waals surface area contributed by atoms with Gasteiger partial charge in [0.2, 0.25) is 5.95 Å². The van der Waals surface area contributed by atoms with Crippen molar-refractivity contribution in [2.24, 2.45) is 0 Å². The first-order valence-electron chi connectivity index (χ1n) is 7.90. The van der Waals surface area contributed by atoms with Crippen LogP contribution < -0.4 is 10.6 Å². The first kappa shape index (κ1) is 15.0. The fourth-order valence-electron chi connectivity index (χ4n) is 3.23. The van der Waals surface area contributed by atoms with E-state index in [0.29, 0.717) is 5.95 Å². The van der Waals surface area contributed by atoms with Gasteiger partial charge in [-0.3, -0.25) is 0 Å². The first-order chi connectivity index (χ1) is 11.6.